The molecule has 1 N–H and O–H groups in total. The van der Waals surface area contributed by atoms with Crippen LogP contribution in [0.4, 0.5) is 0 Å². The van der Waals surface area contributed by atoms with Gasteiger partial charge in [0.1, 0.15) is 5.75 Å². The maximum absolute atomic E-state index is 5.24. The molecule has 82 valence electrons. The van der Waals surface area contributed by atoms with Crippen LogP contribution in [0.5, 0.6) is 5.75 Å². The van der Waals surface area contributed by atoms with Crippen molar-refractivity contribution < 1.29 is 4.74 Å². The van der Waals surface area contributed by atoms with Gasteiger partial charge < -0.3 is 10.1 Å². The zero-order chi connectivity index (χ0) is 11.0. The molecule has 1 aromatic heterocycles. The highest BCUT2D eigenvalue weighted by Gasteiger charge is 2.36. The summed E-state index contributed by atoms with van der Waals surface area (Å²) in [5.74, 6) is 2.14. The molecule has 1 aliphatic carbocycles. The maximum atomic E-state index is 5.24. The van der Waals surface area contributed by atoms with Crippen molar-refractivity contribution >= 4 is 5.57 Å². The van der Waals surface area contributed by atoms with Crippen LogP contribution in [0.3, 0.4) is 0 Å². The van der Waals surface area contributed by atoms with E-state index in [0.717, 1.165) is 24.8 Å². The average molecular weight is 214 g/mol. The van der Waals surface area contributed by atoms with E-state index in [4.69, 9.17) is 4.74 Å². The normalized spacial score (nSPS) is 26.6. The summed E-state index contributed by atoms with van der Waals surface area (Å²) in [4.78, 5) is 4.19. The van der Waals surface area contributed by atoms with Gasteiger partial charge in [0.25, 0.3) is 0 Å². The number of hydrogen-bond donors (Lipinski definition) is 1. The highest BCUT2D eigenvalue weighted by atomic mass is 16.5. The Morgan fingerprint density at radius 1 is 1.44 bits per heavy atom. The molecule has 3 nitrogen and oxygen atoms in total. The number of rotatable bonds is 3. The fourth-order valence-electron chi connectivity index (χ4n) is 2.50. The second-order valence-electron chi connectivity index (χ2n) is 4.24. The summed E-state index contributed by atoms with van der Waals surface area (Å²) in [5, 5.41) is 3.40. The van der Waals surface area contributed by atoms with Crippen molar-refractivity contribution in [2.75, 3.05) is 13.1 Å². The number of aromatic nitrogens is 1. The minimum atomic E-state index is 0.667. The molecule has 16 heavy (non-hydrogen) atoms. The van der Waals surface area contributed by atoms with Crippen molar-refractivity contribution in [2.24, 2.45) is 11.8 Å². The third-order valence-corrected chi connectivity index (χ3v) is 3.32. The Bertz CT molecular complexity index is 453. The van der Waals surface area contributed by atoms with Crippen molar-refractivity contribution in [1.82, 2.24) is 10.3 Å². The fraction of sp³-hybridized carbons (Fsp3) is 0.308. The van der Waals surface area contributed by atoms with Crippen LogP contribution < -0.4 is 10.1 Å². The molecule has 1 aliphatic heterocycles. The molecule has 0 radical (unpaired) electrons. The van der Waals surface area contributed by atoms with E-state index in [9.17, 15) is 0 Å². The van der Waals surface area contributed by atoms with Gasteiger partial charge in [-0.1, -0.05) is 12.7 Å². The first-order valence-corrected chi connectivity index (χ1v) is 5.54. The lowest BCUT2D eigenvalue weighted by Crippen LogP contribution is -2.22. The first-order valence-electron chi connectivity index (χ1n) is 5.54. The van der Waals surface area contributed by atoms with Gasteiger partial charge in [-0.2, -0.15) is 0 Å². The molecule has 0 amide bonds. The van der Waals surface area contributed by atoms with Crippen molar-refractivity contribution in [1.29, 1.82) is 0 Å². The minimum absolute atomic E-state index is 0.667. The first-order chi connectivity index (χ1) is 7.88. The highest BCUT2D eigenvalue weighted by Crippen LogP contribution is 2.42. The molecule has 0 saturated carbocycles. The van der Waals surface area contributed by atoms with Gasteiger partial charge in [-0.3, -0.25) is 4.98 Å². The van der Waals surface area contributed by atoms with E-state index in [1.165, 1.54) is 17.4 Å². The summed E-state index contributed by atoms with van der Waals surface area (Å²) in [7, 11) is 0. The monoisotopic (exact) mass is 214 g/mol. The van der Waals surface area contributed by atoms with Crippen LogP contribution in [-0.2, 0) is 0 Å². The van der Waals surface area contributed by atoms with Crippen molar-refractivity contribution in [2.45, 2.75) is 0 Å². The predicted molar refractivity (Wildman–Crippen MR) is 62.9 cm³/mol. The smallest absolute Gasteiger partial charge is 0.145 e. The molecule has 3 rings (SSSR count). The van der Waals surface area contributed by atoms with Crippen LogP contribution in [0, 0.1) is 11.8 Å². The van der Waals surface area contributed by atoms with Gasteiger partial charge in [-0.25, -0.2) is 0 Å². The zero-order valence-corrected chi connectivity index (χ0v) is 9.02. The Morgan fingerprint density at radius 2 is 2.38 bits per heavy atom. The number of pyridine rings is 1. The molecule has 0 unspecified atom stereocenters. The summed E-state index contributed by atoms with van der Waals surface area (Å²) >= 11 is 0. The van der Waals surface area contributed by atoms with Gasteiger partial charge in [-0.05, 0) is 23.1 Å². The van der Waals surface area contributed by atoms with E-state index in [2.05, 4.69) is 23.0 Å². The fourth-order valence-corrected chi connectivity index (χ4v) is 2.50. The highest BCUT2D eigenvalue weighted by molar-refractivity contribution is 5.74. The Balaban J connectivity index is 1.87. The van der Waals surface area contributed by atoms with Gasteiger partial charge in [0.15, 0.2) is 0 Å². The summed E-state index contributed by atoms with van der Waals surface area (Å²) in [6.07, 6.45) is 7.36. The second kappa shape index (κ2) is 3.76. The Hall–Kier alpha value is -1.61. The predicted octanol–water partition coefficient (Wildman–Crippen LogP) is 1.84. The van der Waals surface area contributed by atoms with Crippen LogP contribution in [0.25, 0.3) is 5.57 Å². The lowest BCUT2D eigenvalue weighted by molar-refractivity contribution is 0.480. The molecule has 1 fully saturated rings. The molecule has 2 heterocycles. The Morgan fingerprint density at radius 3 is 3.19 bits per heavy atom. The minimum Gasteiger partial charge on any atom is -0.464 e. The van der Waals surface area contributed by atoms with Gasteiger partial charge in [0.05, 0.1) is 12.5 Å². The summed E-state index contributed by atoms with van der Waals surface area (Å²) in [5.41, 5.74) is 2.57. The molecule has 2 atom stereocenters. The van der Waals surface area contributed by atoms with Crippen molar-refractivity contribution in [3.05, 3.63) is 42.9 Å². The van der Waals surface area contributed by atoms with Crippen molar-refractivity contribution in [3.63, 3.8) is 0 Å². The molecular formula is C13H14N2O. The third-order valence-electron chi connectivity index (χ3n) is 3.32. The number of nitrogens with one attached hydrogen (secondary N) is 1. The number of fused-ring (bicyclic) bond motifs is 1. The molecule has 2 aliphatic rings. The van der Waals surface area contributed by atoms with Crippen LogP contribution in [0.1, 0.15) is 5.56 Å². The number of ether oxygens (including phenoxy) is 1. The molecule has 0 aromatic carbocycles. The lowest BCUT2D eigenvalue weighted by Gasteiger charge is -2.29. The van der Waals surface area contributed by atoms with E-state index in [0.29, 0.717) is 5.92 Å². The van der Waals surface area contributed by atoms with E-state index in [1.54, 1.807) is 6.20 Å². The lowest BCUT2D eigenvalue weighted by atomic mass is 9.74. The average Bonchev–Trinajstić information content (AvgIpc) is 2.61. The van der Waals surface area contributed by atoms with Gasteiger partial charge in [0.2, 0.25) is 0 Å². The van der Waals surface area contributed by atoms with Gasteiger partial charge in [-0.15, -0.1) is 0 Å². The second-order valence-corrected chi connectivity index (χ2v) is 4.24. The number of hydrogen-bond acceptors (Lipinski definition) is 3. The Kier molecular flexibility index (Phi) is 2.26. The first kappa shape index (κ1) is 9.60. The van der Waals surface area contributed by atoms with Gasteiger partial charge >= 0.3 is 0 Å². The topological polar surface area (TPSA) is 34.1 Å². The van der Waals surface area contributed by atoms with Crippen molar-refractivity contribution in [3.8, 4) is 5.75 Å². The van der Waals surface area contributed by atoms with Gasteiger partial charge in [0, 0.05) is 25.2 Å². The third kappa shape index (κ3) is 1.44. The standard InChI is InChI=1S/C13H14N2O/c1-2-16-11-3-9(5-14-7-11)12-4-10-6-15-8-13(10)12/h2-5,7,10,13,15H,1,6,8H2/t10-,13+/m1/s1. The summed E-state index contributed by atoms with van der Waals surface area (Å²) in [6.45, 7) is 5.75. The molecule has 1 aromatic rings. The quantitative estimate of drug-likeness (QED) is 0.779. The molecular weight excluding hydrogens is 200 g/mol. The van der Waals surface area contributed by atoms with E-state index >= 15 is 0 Å². The molecule has 0 bridgehead atoms. The largest absolute Gasteiger partial charge is 0.464 e. The summed E-state index contributed by atoms with van der Waals surface area (Å²) in [6, 6.07) is 2.02. The number of nitrogens with zero attached hydrogens (tertiary/aromatic N) is 1. The zero-order valence-electron chi connectivity index (χ0n) is 9.02. The Labute approximate surface area is 94.8 Å². The summed E-state index contributed by atoms with van der Waals surface area (Å²) < 4.78 is 5.24. The SMILES string of the molecule is C=COc1cncc(C2=C[C@@H]3CNC[C@H]23)c1. The van der Waals surface area contributed by atoms with Crippen LogP contribution >= 0.6 is 0 Å². The van der Waals surface area contributed by atoms with E-state index < -0.39 is 0 Å². The van der Waals surface area contributed by atoms with E-state index in [1.807, 2.05) is 12.3 Å². The molecule has 3 heteroatoms. The van der Waals surface area contributed by atoms with Crippen LogP contribution in [0.15, 0.2) is 37.4 Å². The van der Waals surface area contributed by atoms with Crippen LogP contribution in [-0.4, -0.2) is 18.1 Å². The van der Waals surface area contributed by atoms with E-state index in [-0.39, 0.29) is 0 Å². The van der Waals surface area contributed by atoms with Crippen LogP contribution in [0.2, 0.25) is 0 Å². The molecule has 0 spiro atoms. The molecule has 1 saturated heterocycles. The maximum Gasteiger partial charge on any atom is 0.145 e.